The minimum Gasteiger partial charge on any atom is -0.507 e. The molecule has 0 aliphatic carbocycles. The van der Waals surface area contributed by atoms with Crippen molar-refractivity contribution in [3.05, 3.63) is 41.6 Å². The Balaban J connectivity index is 1.86. The van der Waals surface area contributed by atoms with E-state index in [1.807, 2.05) is 45.5 Å². The molecule has 158 valence electrons. The van der Waals surface area contributed by atoms with Crippen molar-refractivity contribution in [1.82, 2.24) is 20.2 Å². The van der Waals surface area contributed by atoms with Crippen molar-refractivity contribution in [1.29, 1.82) is 0 Å². The first kappa shape index (κ1) is 20.1. The Hall–Kier alpha value is -3.16. The van der Waals surface area contributed by atoms with Crippen LogP contribution in [0.25, 0.3) is 32.9 Å². The molecule has 0 spiro atoms. The fraction of sp³-hybridized carbons (Fsp3) is 0.304. The van der Waals surface area contributed by atoms with Gasteiger partial charge in [-0.1, -0.05) is 0 Å². The van der Waals surface area contributed by atoms with Crippen LogP contribution in [0.1, 0.15) is 11.1 Å². The number of aromatic amines is 2. The Kier molecular flexibility index (Phi) is 5.32. The SMILES string of the molecule is CNCCc1c(O)[nH]c2ccc(-c3ccc4[nH]cc(CCN(C)C)c4c3O)c(O)c12. The number of hydrogen-bond acceptors (Lipinski definition) is 5. The van der Waals surface area contributed by atoms with Gasteiger partial charge in [0.05, 0.1) is 5.52 Å². The smallest absolute Gasteiger partial charge is 0.192 e. The molecule has 0 bridgehead atoms. The summed E-state index contributed by atoms with van der Waals surface area (Å²) in [6.07, 6.45) is 3.30. The lowest BCUT2D eigenvalue weighted by Crippen LogP contribution is -2.14. The number of likely N-dealkylation sites (N-methyl/N-ethyl adjacent to an activating group) is 2. The van der Waals surface area contributed by atoms with Crippen LogP contribution in [0.5, 0.6) is 17.4 Å². The van der Waals surface area contributed by atoms with E-state index in [1.165, 1.54) is 0 Å². The van der Waals surface area contributed by atoms with Gasteiger partial charge in [0.25, 0.3) is 0 Å². The van der Waals surface area contributed by atoms with Crippen LogP contribution in [0.15, 0.2) is 30.5 Å². The van der Waals surface area contributed by atoms with Crippen molar-refractivity contribution in [3.63, 3.8) is 0 Å². The molecule has 6 N–H and O–H groups in total. The van der Waals surface area contributed by atoms with E-state index in [0.717, 1.165) is 29.4 Å². The van der Waals surface area contributed by atoms with Gasteiger partial charge in [-0.3, -0.25) is 0 Å². The largest absolute Gasteiger partial charge is 0.507 e. The second-order valence-corrected chi connectivity index (χ2v) is 7.94. The quantitative estimate of drug-likeness (QED) is 0.281. The van der Waals surface area contributed by atoms with Crippen molar-refractivity contribution in [3.8, 4) is 28.5 Å². The van der Waals surface area contributed by atoms with Crippen LogP contribution >= 0.6 is 0 Å². The first-order valence-electron chi connectivity index (χ1n) is 10.1. The highest BCUT2D eigenvalue weighted by Gasteiger charge is 2.20. The number of benzene rings is 2. The van der Waals surface area contributed by atoms with Crippen LogP contribution in [-0.4, -0.2) is 64.4 Å². The molecule has 0 fully saturated rings. The number of phenols is 2. The third-order valence-corrected chi connectivity index (χ3v) is 5.66. The average molecular weight is 409 g/mol. The lowest BCUT2D eigenvalue weighted by Gasteiger charge is -2.12. The number of phenolic OH excluding ortho intramolecular Hbond substituents is 2. The molecule has 7 nitrogen and oxygen atoms in total. The van der Waals surface area contributed by atoms with Crippen molar-refractivity contribution < 1.29 is 15.3 Å². The fourth-order valence-electron chi connectivity index (χ4n) is 4.07. The topological polar surface area (TPSA) is 108 Å². The maximum Gasteiger partial charge on any atom is 0.192 e. The zero-order valence-corrected chi connectivity index (χ0v) is 17.5. The van der Waals surface area contributed by atoms with E-state index < -0.39 is 0 Å². The highest BCUT2D eigenvalue weighted by molar-refractivity contribution is 6.01. The van der Waals surface area contributed by atoms with E-state index in [9.17, 15) is 15.3 Å². The zero-order chi connectivity index (χ0) is 21.4. The Morgan fingerprint density at radius 1 is 0.900 bits per heavy atom. The van der Waals surface area contributed by atoms with Crippen molar-refractivity contribution in [2.75, 3.05) is 34.2 Å². The van der Waals surface area contributed by atoms with Gasteiger partial charge in [-0.15, -0.1) is 0 Å². The number of hydrogen-bond donors (Lipinski definition) is 6. The highest BCUT2D eigenvalue weighted by Crippen LogP contribution is 2.45. The Morgan fingerprint density at radius 3 is 2.23 bits per heavy atom. The molecule has 4 aromatic rings. The zero-order valence-electron chi connectivity index (χ0n) is 17.5. The van der Waals surface area contributed by atoms with Crippen LogP contribution in [0.2, 0.25) is 0 Å². The molecule has 0 saturated heterocycles. The molecular formula is C23H28N4O3. The van der Waals surface area contributed by atoms with Crippen LogP contribution in [0.3, 0.4) is 0 Å². The van der Waals surface area contributed by atoms with Crippen LogP contribution in [0, 0.1) is 0 Å². The van der Waals surface area contributed by atoms with Gasteiger partial charge in [0, 0.05) is 45.7 Å². The number of rotatable bonds is 7. The fourth-order valence-corrected chi connectivity index (χ4v) is 4.07. The summed E-state index contributed by atoms with van der Waals surface area (Å²) in [7, 11) is 5.88. The summed E-state index contributed by atoms with van der Waals surface area (Å²) >= 11 is 0. The number of aromatic hydroxyl groups is 3. The molecule has 0 aliphatic rings. The van der Waals surface area contributed by atoms with Crippen LogP contribution in [0.4, 0.5) is 0 Å². The molecule has 0 radical (unpaired) electrons. The van der Waals surface area contributed by atoms with E-state index >= 15 is 0 Å². The highest BCUT2D eigenvalue weighted by atomic mass is 16.3. The second-order valence-electron chi connectivity index (χ2n) is 7.94. The number of fused-ring (bicyclic) bond motifs is 2. The van der Waals surface area contributed by atoms with Crippen LogP contribution in [-0.2, 0) is 12.8 Å². The molecular weight excluding hydrogens is 380 g/mol. The predicted octanol–water partition coefficient (Wildman–Crippen LogP) is 3.30. The maximum absolute atomic E-state index is 11.1. The molecule has 7 heteroatoms. The summed E-state index contributed by atoms with van der Waals surface area (Å²) in [5.74, 6) is 0.257. The molecule has 4 rings (SSSR count). The summed E-state index contributed by atoms with van der Waals surface area (Å²) in [4.78, 5) is 8.25. The van der Waals surface area contributed by atoms with Gasteiger partial charge in [-0.2, -0.15) is 0 Å². The summed E-state index contributed by atoms with van der Waals surface area (Å²) in [6, 6.07) is 7.32. The number of nitrogens with one attached hydrogen (secondary N) is 3. The Labute approximate surface area is 175 Å². The third-order valence-electron chi connectivity index (χ3n) is 5.66. The Morgan fingerprint density at radius 2 is 1.57 bits per heavy atom. The standard InChI is InChI=1S/C23H28N4O3/c1-24-10-8-16-20-18(26-23(16)30)7-5-15(22(20)29)14-4-6-17-19(21(14)28)13(12-25-17)9-11-27(2)3/h4-7,12,24-26,28-30H,8-11H2,1-3H3. The number of aromatic nitrogens is 2. The van der Waals surface area contributed by atoms with Crippen molar-refractivity contribution in [2.24, 2.45) is 0 Å². The molecule has 0 amide bonds. The molecule has 0 atom stereocenters. The molecule has 0 aliphatic heterocycles. The molecule has 2 aromatic heterocycles. The predicted molar refractivity (Wildman–Crippen MR) is 120 cm³/mol. The first-order chi connectivity index (χ1) is 14.4. The second kappa shape index (κ2) is 7.93. The minimum absolute atomic E-state index is 0.0511. The number of nitrogens with zero attached hydrogens (tertiary/aromatic N) is 1. The first-order valence-corrected chi connectivity index (χ1v) is 10.1. The summed E-state index contributed by atoms with van der Waals surface area (Å²) in [6.45, 7) is 1.53. The van der Waals surface area contributed by atoms with Crippen molar-refractivity contribution >= 4 is 21.8 Å². The van der Waals surface area contributed by atoms with E-state index in [2.05, 4.69) is 20.2 Å². The van der Waals surface area contributed by atoms with Gasteiger partial charge in [0.1, 0.15) is 11.5 Å². The van der Waals surface area contributed by atoms with E-state index in [0.29, 0.717) is 40.6 Å². The van der Waals surface area contributed by atoms with Crippen molar-refractivity contribution in [2.45, 2.75) is 12.8 Å². The van der Waals surface area contributed by atoms with Gasteiger partial charge in [0.2, 0.25) is 0 Å². The summed E-state index contributed by atoms with van der Waals surface area (Å²) in [5.41, 5.74) is 4.31. The molecule has 30 heavy (non-hydrogen) atoms. The lowest BCUT2D eigenvalue weighted by molar-refractivity contribution is 0.414. The summed E-state index contributed by atoms with van der Waals surface area (Å²) in [5, 5.41) is 37.0. The van der Waals surface area contributed by atoms with Gasteiger partial charge >= 0.3 is 0 Å². The molecule has 0 unspecified atom stereocenters. The molecule has 0 saturated carbocycles. The average Bonchev–Trinajstić information content (AvgIpc) is 3.27. The normalized spacial score (nSPS) is 11.9. The monoisotopic (exact) mass is 408 g/mol. The minimum atomic E-state index is 0.0511. The maximum atomic E-state index is 11.1. The summed E-state index contributed by atoms with van der Waals surface area (Å²) < 4.78 is 0. The lowest BCUT2D eigenvalue weighted by atomic mass is 9.96. The van der Waals surface area contributed by atoms with E-state index in [4.69, 9.17) is 0 Å². The van der Waals surface area contributed by atoms with Gasteiger partial charge < -0.3 is 35.5 Å². The Bertz CT molecular complexity index is 1210. The number of H-pyrrole nitrogens is 2. The third kappa shape index (κ3) is 3.36. The molecule has 2 heterocycles. The molecule has 2 aromatic carbocycles. The van der Waals surface area contributed by atoms with Gasteiger partial charge in [-0.25, -0.2) is 0 Å². The van der Waals surface area contributed by atoms with Gasteiger partial charge in [-0.05, 0) is 70.4 Å². The van der Waals surface area contributed by atoms with E-state index in [-0.39, 0.29) is 17.4 Å². The van der Waals surface area contributed by atoms with E-state index in [1.54, 1.807) is 6.07 Å². The van der Waals surface area contributed by atoms with Gasteiger partial charge in [0.15, 0.2) is 5.88 Å². The van der Waals surface area contributed by atoms with Crippen LogP contribution < -0.4 is 5.32 Å².